The second-order valence-corrected chi connectivity index (χ2v) is 4.33. The van der Waals surface area contributed by atoms with Crippen molar-refractivity contribution in [2.75, 3.05) is 6.61 Å². The van der Waals surface area contributed by atoms with Crippen molar-refractivity contribution in [1.29, 1.82) is 0 Å². The maximum absolute atomic E-state index is 9.37. The Morgan fingerprint density at radius 2 is 2.11 bits per heavy atom. The Labute approximate surface area is 106 Å². The summed E-state index contributed by atoms with van der Waals surface area (Å²) in [7, 11) is 1.84. The molecular formula is C13H18N4O. The van der Waals surface area contributed by atoms with Gasteiger partial charge >= 0.3 is 0 Å². The fourth-order valence-corrected chi connectivity index (χ4v) is 1.83. The van der Waals surface area contributed by atoms with Crippen molar-refractivity contribution < 1.29 is 5.11 Å². The van der Waals surface area contributed by atoms with Crippen molar-refractivity contribution in [3.63, 3.8) is 0 Å². The summed E-state index contributed by atoms with van der Waals surface area (Å²) in [5.74, 6) is 0. The molecule has 1 aromatic carbocycles. The Bertz CT molecular complexity index is 469. The van der Waals surface area contributed by atoms with Crippen molar-refractivity contribution in [2.24, 2.45) is 7.05 Å². The van der Waals surface area contributed by atoms with Gasteiger partial charge in [-0.3, -0.25) is 4.68 Å². The van der Waals surface area contributed by atoms with E-state index in [4.69, 9.17) is 0 Å². The Morgan fingerprint density at radius 1 is 1.33 bits per heavy atom. The number of aromatic nitrogens is 3. The van der Waals surface area contributed by atoms with E-state index < -0.39 is 0 Å². The lowest BCUT2D eigenvalue weighted by molar-refractivity contribution is 0.240. The maximum atomic E-state index is 9.37. The third-order valence-corrected chi connectivity index (χ3v) is 2.77. The summed E-state index contributed by atoms with van der Waals surface area (Å²) < 4.78 is 1.67. The Morgan fingerprint density at radius 3 is 2.72 bits per heavy atom. The lowest BCUT2D eigenvalue weighted by atomic mass is 10.1. The minimum atomic E-state index is 0.0365. The number of rotatable bonds is 6. The number of nitrogens with one attached hydrogen (secondary N) is 1. The molecule has 5 heteroatoms. The number of hydrogen-bond acceptors (Lipinski definition) is 4. The topological polar surface area (TPSA) is 63.0 Å². The first-order chi connectivity index (χ1) is 8.78. The van der Waals surface area contributed by atoms with Crippen molar-refractivity contribution in [2.45, 2.75) is 19.0 Å². The van der Waals surface area contributed by atoms with Gasteiger partial charge in [0.1, 0.15) is 0 Å². The molecule has 18 heavy (non-hydrogen) atoms. The quantitative estimate of drug-likeness (QED) is 0.779. The monoisotopic (exact) mass is 246 g/mol. The fraction of sp³-hybridized carbons (Fsp3) is 0.385. The van der Waals surface area contributed by atoms with E-state index in [1.165, 1.54) is 5.56 Å². The van der Waals surface area contributed by atoms with Crippen LogP contribution in [0.5, 0.6) is 0 Å². The van der Waals surface area contributed by atoms with E-state index in [1.807, 2.05) is 31.4 Å². The minimum absolute atomic E-state index is 0.0365. The normalized spacial score (nSPS) is 12.6. The molecule has 1 heterocycles. The molecule has 0 aliphatic heterocycles. The fourth-order valence-electron chi connectivity index (χ4n) is 1.83. The van der Waals surface area contributed by atoms with E-state index in [-0.39, 0.29) is 12.6 Å². The first-order valence-corrected chi connectivity index (χ1v) is 6.01. The van der Waals surface area contributed by atoms with Crippen LogP contribution in [0.25, 0.3) is 0 Å². The summed E-state index contributed by atoms with van der Waals surface area (Å²) >= 11 is 0. The summed E-state index contributed by atoms with van der Waals surface area (Å²) in [4.78, 5) is 0. The lowest BCUT2D eigenvalue weighted by Crippen LogP contribution is -2.34. The first kappa shape index (κ1) is 12.7. The molecule has 0 aliphatic rings. The molecule has 1 atom stereocenters. The van der Waals surface area contributed by atoms with Gasteiger partial charge in [0.2, 0.25) is 0 Å². The van der Waals surface area contributed by atoms with Crippen LogP contribution in [0.4, 0.5) is 0 Å². The van der Waals surface area contributed by atoms with Crippen molar-refractivity contribution in [3.05, 3.63) is 47.8 Å². The van der Waals surface area contributed by atoms with Crippen LogP contribution in [0.3, 0.4) is 0 Å². The van der Waals surface area contributed by atoms with Gasteiger partial charge in [-0.1, -0.05) is 35.5 Å². The Hall–Kier alpha value is -1.72. The van der Waals surface area contributed by atoms with Gasteiger partial charge < -0.3 is 10.4 Å². The van der Waals surface area contributed by atoms with Crippen LogP contribution in [0.2, 0.25) is 0 Å². The van der Waals surface area contributed by atoms with E-state index in [0.717, 1.165) is 12.1 Å². The average Bonchev–Trinajstić information content (AvgIpc) is 2.81. The van der Waals surface area contributed by atoms with Gasteiger partial charge in [0, 0.05) is 25.8 Å². The van der Waals surface area contributed by atoms with Gasteiger partial charge in [0.15, 0.2) is 0 Å². The smallest absolute Gasteiger partial charge is 0.0964 e. The van der Waals surface area contributed by atoms with Crippen LogP contribution >= 0.6 is 0 Å². The third kappa shape index (κ3) is 3.65. The van der Waals surface area contributed by atoms with Gasteiger partial charge in [-0.2, -0.15) is 0 Å². The molecule has 0 saturated carbocycles. The molecule has 0 aliphatic carbocycles. The molecule has 2 rings (SSSR count). The molecule has 1 aromatic heterocycles. The molecule has 0 saturated heterocycles. The predicted molar refractivity (Wildman–Crippen MR) is 68.9 cm³/mol. The van der Waals surface area contributed by atoms with Crippen molar-refractivity contribution in [3.8, 4) is 0 Å². The van der Waals surface area contributed by atoms with Crippen LogP contribution in [0.1, 0.15) is 11.3 Å². The molecule has 0 amide bonds. The van der Waals surface area contributed by atoms with Crippen LogP contribution in [-0.2, 0) is 20.0 Å². The molecule has 5 nitrogen and oxygen atoms in total. The number of aliphatic hydroxyl groups excluding tert-OH is 1. The van der Waals surface area contributed by atoms with Crippen LogP contribution in [0, 0.1) is 0 Å². The van der Waals surface area contributed by atoms with E-state index in [9.17, 15) is 5.11 Å². The van der Waals surface area contributed by atoms with E-state index in [0.29, 0.717) is 6.54 Å². The van der Waals surface area contributed by atoms with Crippen LogP contribution in [0.15, 0.2) is 36.5 Å². The maximum Gasteiger partial charge on any atom is 0.0964 e. The van der Waals surface area contributed by atoms with Crippen LogP contribution in [-0.4, -0.2) is 32.7 Å². The van der Waals surface area contributed by atoms with Crippen LogP contribution < -0.4 is 5.32 Å². The van der Waals surface area contributed by atoms with E-state index in [1.54, 1.807) is 4.68 Å². The van der Waals surface area contributed by atoms with Gasteiger partial charge in [-0.25, -0.2) is 0 Å². The Balaban J connectivity index is 1.86. The molecule has 1 unspecified atom stereocenters. The highest BCUT2D eigenvalue weighted by atomic mass is 16.3. The number of aliphatic hydroxyl groups is 1. The van der Waals surface area contributed by atoms with Gasteiger partial charge in [-0.15, -0.1) is 5.10 Å². The van der Waals surface area contributed by atoms with Gasteiger partial charge in [0.05, 0.1) is 12.3 Å². The summed E-state index contributed by atoms with van der Waals surface area (Å²) in [5.41, 5.74) is 2.09. The zero-order chi connectivity index (χ0) is 12.8. The highest BCUT2D eigenvalue weighted by Crippen LogP contribution is 2.03. The van der Waals surface area contributed by atoms with E-state index >= 15 is 0 Å². The average molecular weight is 246 g/mol. The number of nitrogens with zero attached hydrogens (tertiary/aromatic N) is 3. The standard InChI is InChI=1S/C13H18N4O/c1-17-9-13(15-16-17)8-14-12(10-18)7-11-5-3-2-4-6-11/h2-6,9,12,14,18H,7-8,10H2,1H3. The minimum Gasteiger partial charge on any atom is -0.395 e. The second kappa shape index (κ2) is 6.28. The number of aryl methyl sites for hydroxylation is 1. The molecular weight excluding hydrogens is 228 g/mol. The molecule has 0 fully saturated rings. The predicted octanol–water partition coefficient (Wildman–Crippen LogP) is 0.508. The zero-order valence-electron chi connectivity index (χ0n) is 10.5. The molecule has 0 spiro atoms. The van der Waals surface area contributed by atoms with Crippen molar-refractivity contribution >= 4 is 0 Å². The summed E-state index contributed by atoms with van der Waals surface area (Å²) in [6.07, 6.45) is 2.67. The molecule has 0 radical (unpaired) electrons. The molecule has 2 N–H and O–H groups in total. The number of benzene rings is 1. The van der Waals surface area contributed by atoms with Gasteiger partial charge in [-0.05, 0) is 12.0 Å². The summed E-state index contributed by atoms with van der Waals surface area (Å²) in [6, 6.07) is 10.2. The van der Waals surface area contributed by atoms with E-state index in [2.05, 4.69) is 27.8 Å². The SMILES string of the molecule is Cn1cc(CNC(CO)Cc2ccccc2)nn1. The highest BCUT2D eigenvalue weighted by molar-refractivity contribution is 5.15. The Kier molecular flexibility index (Phi) is 4.44. The lowest BCUT2D eigenvalue weighted by Gasteiger charge is -2.15. The molecule has 96 valence electrons. The van der Waals surface area contributed by atoms with Crippen molar-refractivity contribution in [1.82, 2.24) is 20.3 Å². The molecule has 2 aromatic rings. The second-order valence-electron chi connectivity index (χ2n) is 4.33. The highest BCUT2D eigenvalue weighted by Gasteiger charge is 2.08. The molecule has 0 bridgehead atoms. The zero-order valence-corrected chi connectivity index (χ0v) is 10.5. The summed E-state index contributed by atoms with van der Waals surface area (Å²) in [5, 5.41) is 20.5. The largest absolute Gasteiger partial charge is 0.395 e. The summed E-state index contributed by atoms with van der Waals surface area (Å²) in [6.45, 7) is 0.723. The first-order valence-electron chi connectivity index (χ1n) is 6.01. The third-order valence-electron chi connectivity index (χ3n) is 2.77. The van der Waals surface area contributed by atoms with Gasteiger partial charge in [0.25, 0.3) is 0 Å². The number of hydrogen-bond donors (Lipinski definition) is 2.